The normalized spacial score (nSPS) is 14.2. The van der Waals surface area contributed by atoms with Crippen LogP contribution in [-0.2, 0) is 4.79 Å². The zero-order chi connectivity index (χ0) is 21.5. The van der Waals surface area contributed by atoms with Crippen LogP contribution in [0.1, 0.15) is 23.7 Å². The second kappa shape index (κ2) is 9.99. The average Bonchev–Trinajstić information content (AvgIpc) is 2.76. The van der Waals surface area contributed by atoms with Gasteiger partial charge in [-0.05, 0) is 43.3 Å². The first kappa shape index (κ1) is 21.5. The summed E-state index contributed by atoms with van der Waals surface area (Å²) < 4.78 is 14.2. The van der Waals surface area contributed by atoms with Crippen molar-refractivity contribution in [2.45, 2.75) is 13.3 Å². The van der Waals surface area contributed by atoms with Gasteiger partial charge in [0.1, 0.15) is 5.82 Å². The maximum atomic E-state index is 14.2. The van der Waals surface area contributed by atoms with Gasteiger partial charge in [-0.2, -0.15) is 5.26 Å². The molecule has 1 N–H and O–H groups in total. The molecule has 0 atom stereocenters. The molecule has 2 aromatic rings. The second-order valence-corrected chi connectivity index (χ2v) is 7.42. The fourth-order valence-corrected chi connectivity index (χ4v) is 3.69. The molecule has 30 heavy (non-hydrogen) atoms. The number of nitriles is 1. The highest BCUT2D eigenvalue weighted by Crippen LogP contribution is 2.19. The summed E-state index contributed by atoms with van der Waals surface area (Å²) >= 11 is 0. The van der Waals surface area contributed by atoms with Gasteiger partial charge in [0.15, 0.2) is 12.3 Å². The molecule has 1 amide bonds. The number of anilines is 2. The van der Waals surface area contributed by atoms with Gasteiger partial charge in [-0.1, -0.05) is 12.1 Å². The molecule has 0 saturated carbocycles. The minimum Gasteiger partial charge on any atom is -0.360 e. The van der Waals surface area contributed by atoms with Crippen molar-refractivity contribution < 1.29 is 18.9 Å². The van der Waals surface area contributed by atoms with Gasteiger partial charge < -0.3 is 14.7 Å². The van der Waals surface area contributed by atoms with Crippen molar-refractivity contribution in [1.82, 2.24) is 0 Å². The van der Waals surface area contributed by atoms with Crippen molar-refractivity contribution in [3.63, 3.8) is 0 Å². The van der Waals surface area contributed by atoms with E-state index in [1.165, 1.54) is 11.0 Å². The summed E-state index contributed by atoms with van der Waals surface area (Å²) in [6, 6.07) is 15.8. The molecule has 0 unspecified atom stereocenters. The van der Waals surface area contributed by atoms with Crippen molar-refractivity contribution in [1.29, 1.82) is 5.26 Å². The van der Waals surface area contributed by atoms with Crippen LogP contribution in [0.4, 0.5) is 15.8 Å². The Morgan fingerprint density at radius 1 is 1.13 bits per heavy atom. The lowest BCUT2D eigenvalue weighted by Crippen LogP contribution is -3.16. The molecule has 1 saturated heterocycles. The topological polar surface area (TPSA) is 68.9 Å². The van der Waals surface area contributed by atoms with Crippen LogP contribution in [0.15, 0.2) is 48.5 Å². The number of ketones is 1. The smallest absolute Gasteiger partial charge is 0.282 e. The van der Waals surface area contributed by atoms with E-state index in [2.05, 4.69) is 4.90 Å². The highest BCUT2D eigenvalue weighted by Gasteiger charge is 2.26. The van der Waals surface area contributed by atoms with Gasteiger partial charge in [0, 0.05) is 17.8 Å². The largest absolute Gasteiger partial charge is 0.360 e. The molecule has 156 valence electrons. The first-order chi connectivity index (χ1) is 14.5. The van der Waals surface area contributed by atoms with Crippen molar-refractivity contribution in [3.8, 4) is 6.07 Å². The molecular formula is C23H26FN4O2+. The van der Waals surface area contributed by atoms with Crippen LogP contribution in [-0.4, -0.2) is 51.0 Å². The Kier molecular flexibility index (Phi) is 7.15. The van der Waals surface area contributed by atoms with Crippen LogP contribution >= 0.6 is 0 Å². The lowest BCUT2D eigenvalue weighted by atomic mass is 10.1. The first-order valence-corrected chi connectivity index (χ1v) is 10.1. The minimum atomic E-state index is -0.461. The summed E-state index contributed by atoms with van der Waals surface area (Å²) in [6.07, 6.45) is 0.152. The van der Waals surface area contributed by atoms with E-state index in [0.717, 1.165) is 36.8 Å². The molecule has 1 heterocycles. The second-order valence-electron chi connectivity index (χ2n) is 7.42. The van der Waals surface area contributed by atoms with Gasteiger partial charge in [0.05, 0.1) is 44.4 Å². The zero-order valence-electron chi connectivity index (χ0n) is 17.1. The van der Waals surface area contributed by atoms with Gasteiger partial charge in [-0.25, -0.2) is 4.39 Å². The number of carbonyl (C=O) groups excluding carboxylic acids is 2. The number of carbonyl (C=O) groups is 2. The van der Waals surface area contributed by atoms with Crippen LogP contribution in [0.5, 0.6) is 0 Å². The van der Waals surface area contributed by atoms with Gasteiger partial charge >= 0.3 is 0 Å². The van der Waals surface area contributed by atoms with E-state index in [9.17, 15) is 14.0 Å². The van der Waals surface area contributed by atoms with Gasteiger partial charge in [0.2, 0.25) is 0 Å². The third-order valence-corrected chi connectivity index (χ3v) is 5.40. The lowest BCUT2D eigenvalue weighted by Gasteiger charge is -2.34. The van der Waals surface area contributed by atoms with E-state index in [-0.39, 0.29) is 36.9 Å². The number of para-hydroxylation sites is 1. The summed E-state index contributed by atoms with van der Waals surface area (Å²) in [5.74, 6) is -0.590. The number of quaternary nitrogens is 1. The standard InChI is InChI=1S/C23H25FN4O2/c1-18(29)19-7-9-20(10-8-19)27-15-13-26(14-16-27)17-23(30)28(12-4-11-25)22-6-3-2-5-21(22)24/h2-3,5-10H,4,12-17H2,1H3/p+1. The molecule has 0 radical (unpaired) electrons. The van der Waals surface area contributed by atoms with Gasteiger partial charge in [0.25, 0.3) is 5.91 Å². The minimum absolute atomic E-state index is 0.0464. The number of hydrogen-bond donors (Lipinski definition) is 1. The van der Waals surface area contributed by atoms with Gasteiger partial charge in [-0.15, -0.1) is 0 Å². The maximum Gasteiger partial charge on any atom is 0.282 e. The zero-order valence-corrected chi connectivity index (χ0v) is 17.1. The number of halogens is 1. The molecule has 0 bridgehead atoms. The van der Waals surface area contributed by atoms with E-state index in [0.29, 0.717) is 5.56 Å². The van der Waals surface area contributed by atoms with E-state index >= 15 is 0 Å². The van der Waals surface area contributed by atoms with E-state index in [1.807, 2.05) is 30.3 Å². The van der Waals surface area contributed by atoms with Crippen LogP contribution in [0.25, 0.3) is 0 Å². The van der Waals surface area contributed by atoms with Crippen LogP contribution in [0, 0.1) is 17.1 Å². The number of nitrogens with zero attached hydrogens (tertiary/aromatic N) is 3. The van der Waals surface area contributed by atoms with Gasteiger partial charge in [-0.3, -0.25) is 9.59 Å². The molecule has 0 aliphatic carbocycles. The molecule has 1 fully saturated rings. The van der Waals surface area contributed by atoms with Crippen molar-refractivity contribution in [2.24, 2.45) is 0 Å². The summed E-state index contributed by atoms with van der Waals surface area (Å²) in [4.78, 5) is 29.1. The molecule has 1 aliphatic rings. The quantitative estimate of drug-likeness (QED) is 0.707. The molecule has 3 rings (SSSR count). The summed E-state index contributed by atoms with van der Waals surface area (Å²) in [7, 11) is 0. The third kappa shape index (κ3) is 5.22. The number of rotatable bonds is 7. The number of Topliss-reactive ketones (excluding diaryl/α,β-unsaturated/α-hetero) is 1. The molecule has 1 aliphatic heterocycles. The molecule has 2 aromatic carbocycles. The Labute approximate surface area is 176 Å². The molecule has 0 spiro atoms. The number of amides is 1. The fraction of sp³-hybridized carbons (Fsp3) is 0.348. The highest BCUT2D eigenvalue weighted by atomic mass is 19.1. The number of benzene rings is 2. The van der Waals surface area contributed by atoms with Crippen molar-refractivity contribution in [3.05, 3.63) is 59.9 Å². The Morgan fingerprint density at radius 3 is 2.40 bits per heavy atom. The lowest BCUT2D eigenvalue weighted by molar-refractivity contribution is -0.892. The number of hydrogen-bond acceptors (Lipinski definition) is 4. The predicted octanol–water partition coefficient (Wildman–Crippen LogP) is 1.68. The SMILES string of the molecule is CC(=O)c1ccc(N2CC[NH+](CC(=O)N(CCC#N)c3ccccc3F)CC2)cc1. The third-order valence-electron chi connectivity index (χ3n) is 5.40. The van der Waals surface area contributed by atoms with E-state index < -0.39 is 5.82 Å². The Balaban J connectivity index is 1.60. The Hall–Kier alpha value is -3.24. The molecule has 6 nitrogen and oxygen atoms in total. The fourth-order valence-electron chi connectivity index (χ4n) is 3.69. The van der Waals surface area contributed by atoms with Crippen LogP contribution in [0.3, 0.4) is 0 Å². The molecule has 7 heteroatoms. The van der Waals surface area contributed by atoms with E-state index in [1.54, 1.807) is 25.1 Å². The summed E-state index contributed by atoms with van der Waals surface area (Å²) in [6.45, 7) is 5.14. The highest BCUT2D eigenvalue weighted by molar-refractivity contribution is 5.94. The van der Waals surface area contributed by atoms with Crippen molar-refractivity contribution in [2.75, 3.05) is 49.1 Å². The summed E-state index contributed by atoms with van der Waals surface area (Å²) in [5.41, 5.74) is 1.98. The van der Waals surface area contributed by atoms with Crippen molar-refractivity contribution >= 4 is 23.1 Å². The number of piperazine rings is 1. The Morgan fingerprint density at radius 2 is 1.80 bits per heavy atom. The average molecular weight is 409 g/mol. The summed E-state index contributed by atoms with van der Waals surface area (Å²) in [5, 5.41) is 8.91. The van der Waals surface area contributed by atoms with Crippen LogP contribution in [0.2, 0.25) is 0 Å². The molecular weight excluding hydrogens is 383 g/mol. The molecule has 0 aromatic heterocycles. The van der Waals surface area contributed by atoms with Crippen LogP contribution < -0.4 is 14.7 Å². The maximum absolute atomic E-state index is 14.2. The monoisotopic (exact) mass is 409 g/mol. The van der Waals surface area contributed by atoms with E-state index in [4.69, 9.17) is 5.26 Å². The number of nitrogens with one attached hydrogen (secondary N) is 1. The predicted molar refractivity (Wildman–Crippen MR) is 113 cm³/mol. The first-order valence-electron chi connectivity index (χ1n) is 10.1. The Bertz CT molecular complexity index is 931.